The van der Waals surface area contributed by atoms with Crippen molar-refractivity contribution in [2.75, 3.05) is 33.3 Å². The first-order chi connectivity index (χ1) is 14.6. The number of aromatic nitrogens is 1. The number of piperidine rings is 1. The Hall–Kier alpha value is -2.99. The van der Waals surface area contributed by atoms with E-state index in [4.69, 9.17) is 9.84 Å². The molecule has 1 amide bonds. The Bertz CT molecular complexity index is 1010. The first-order valence-corrected chi connectivity index (χ1v) is 10.6. The second-order valence-electron chi connectivity index (χ2n) is 7.93. The van der Waals surface area contributed by atoms with E-state index in [1.54, 1.807) is 7.11 Å². The van der Waals surface area contributed by atoms with Gasteiger partial charge in [0.1, 0.15) is 5.75 Å². The molecule has 4 rings (SSSR count). The van der Waals surface area contributed by atoms with E-state index in [9.17, 15) is 4.79 Å². The monoisotopic (exact) mass is 407 g/mol. The summed E-state index contributed by atoms with van der Waals surface area (Å²) in [5, 5.41) is 12.3. The molecule has 1 aliphatic heterocycles. The summed E-state index contributed by atoms with van der Waals surface area (Å²) in [5.41, 5.74) is 4.69. The smallest absolute Gasteiger partial charge is 0.404 e. The molecule has 1 fully saturated rings. The Morgan fingerprint density at radius 3 is 2.77 bits per heavy atom. The van der Waals surface area contributed by atoms with Crippen LogP contribution in [0.15, 0.2) is 48.5 Å². The molecular formula is C24H29N3O3. The summed E-state index contributed by atoms with van der Waals surface area (Å²) in [5.74, 6) is 1.45. The molecule has 1 aliphatic rings. The number of hydrogen-bond acceptors (Lipinski definition) is 3. The van der Waals surface area contributed by atoms with E-state index in [0.29, 0.717) is 12.5 Å². The van der Waals surface area contributed by atoms with E-state index < -0.39 is 6.09 Å². The lowest BCUT2D eigenvalue weighted by atomic mass is 9.89. The van der Waals surface area contributed by atoms with E-state index in [0.717, 1.165) is 61.4 Å². The van der Waals surface area contributed by atoms with Gasteiger partial charge in [-0.05, 0) is 80.7 Å². The molecule has 0 atom stereocenters. The van der Waals surface area contributed by atoms with E-state index in [1.807, 2.05) is 18.2 Å². The zero-order valence-corrected chi connectivity index (χ0v) is 17.4. The van der Waals surface area contributed by atoms with Crippen molar-refractivity contribution in [3.63, 3.8) is 0 Å². The van der Waals surface area contributed by atoms with Crippen LogP contribution in [-0.2, 0) is 0 Å². The van der Waals surface area contributed by atoms with Crippen molar-refractivity contribution in [3.8, 4) is 17.0 Å². The average Bonchev–Trinajstić information content (AvgIpc) is 3.20. The number of hydrogen-bond donors (Lipinski definition) is 3. The number of aromatic amines is 1. The Kier molecular flexibility index (Phi) is 6.23. The summed E-state index contributed by atoms with van der Waals surface area (Å²) >= 11 is 0. The van der Waals surface area contributed by atoms with Crippen molar-refractivity contribution < 1.29 is 14.6 Å². The maximum Gasteiger partial charge on any atom is 0.404 e. The summed E-state index contributed by atoms with van der Waals surface area (Å²) in [6, 6.07) is 17.0. The van der Waals surface area contributed by atoms with Gasteiger partial charge in [-0.3, -0.25) is 0 Å². The van der Waals surface area contributed by atoms with Gasteiger partial charge in [-0.25, -0.2) is 4.79 Å². The number of benzene rings is 2. The van der Waals surface area contributed by atoms with Crippen molar-refractivity contribution in [2.24, 2.45) is 0 Å². The van der Waals surface area contributed by atoms with Gasteiger partial charge in [-0.1, -0.05) is 18.2 Å². The molecule has 2 heterocycles. The number of rotatable bonds is 7. The maximum absolute atomic E-state index is 10.5. The average molecular weight is 408 g/mol. The number of carboxylic acid groups (broad SMARTS) is 1. The molecule has 0 spiro atoms. The molecule has 3 N–H and O–H groups in total. The lowest BCUT2D eigenvalue weighted by molar-refractivity contribution is 0.190. The molecule has 1 aromatic heterocycles. The van der Waals surface area contributed by atoms with Crippen molar-refractivity contribution in [1.29, 1.82) is 0 Å². The minimum absolute atomic E-state index is 0.522. The number of H-pyrrole nitrogens is 1. The number of nitrogens with one attached hydrogen (secondary N) is 2. The first kappa shape index (κ1) is 20.3. The van der Waals surface area contributed by atoms with Gasteiger partial charge in [0.15, 0.2) is 0 Å². The Balaban J connectivity index is 1.40. The molecule has 3 aromatic rings. The van der Waals surface area contributed by atoms with Crippen LogP contribution in [0.4, 0.5) is 4.79 Å². The minimum Gasteiger partial charge on any atom is -0.496 e. The third-order valence-corrected chi connectivity index (χ3v) is 6.03. The number of amides is 1. The molecule has 0 aliphatic carbocycles. The van der Waals surface area contributed by atoms with Gasteiger partial charge in [0.25, 0.3) is 0 Å². The van der Waals surface area contributed by atoms with E-state index in [2.05, 4.69) is 45.5 Å². The standard InChI is InChI=1S/C24H29N3O3/c1-30-23-6-3-2-5-20(23)22-16-19-15-18(7-8-21(19)26-22)17-9-13-27(14-10-17)12-4-11-25-24(28)29/h2-3,5-8,15-17,25-26H,4,9-14H2,1H3,(H,28,29). The highest BCUT2D eigenvalue weighted by Gasteiger charge is 2.21. The van der Waals surface area contributed by atoms with Crippen LogP contribution in [0.1, 0.15) is 30.7 Å². The molecule has 2 aromatic carbocycles. The molecule has 0 saturated carbocycles. The van der Waals surface area contributed by atoms with E-state index in [-0.39, 0.29) is 0 Å². The van der Waals surface area contributed by atoms with Crippen LogP contribution in [0, 0.1) is 0 Å². The number of likely N-dealkylation sites (tertiary alicyclic amines) is 1. The molecule has 30 heavy (non-hydrogen) atoms. The van der Waals surface area contributed by atoms with E-state index >= 15 is 0 Å². The summed E-state index contributed by atoms with van der Waals surface area (Å²) in [4.78, 5) is 16.5. The number of fused-ring (bicyclic) bond motifs is 1. The second-order valence-corrected chi connectivity index (χ2v) is 7.93. The Morgan fingerprint density at radius 2 is 2.00 bits per heavy atom. The topological polar surface area (TPSA) is 77.6 Å². The van der Waals surface area contributed by atoms with Crippen molar-refractivity contribution in [1.82, 2.24) is 15.2 Å². The SMILES string of the molecule is COc1ccccc1-c1cc2cc(C3CCN(CCCNC(=O)O)CC3)ccc2[nH]1. The van der Waals surface area contributed by atoms with Crippen LogP contribution in [0.5, 0.6) is 5.75 Å². The third kappa shape index (κ3) is 4.60. The highest BCUT2D eigenvalue weighted by Crippen LogP contribution is 2.34. The van der Waals surface area contributed by atoms with Gasteiger partial charge in [0, 0.05) is 23.0 Å². The van der Waals surface area contributed by atoms with Crippen LogP contribution in [-0.4, -0.2) is 54.4 Å². The molecule has 158 valence electrons. The van der Waals surface area contributed by atoms with Gasteiger partial charge < -0.3 is 25.0 Å². The minimum atomic E-state index is -0.942. The largest absolute Gasteiger partial charge is 0.496 e. The first-order valence-electron chi connectivity index (χ1n) is 10.6. The van der Waals surface area contributed by atoms with Crippen LogP contribution < -0.4 is 10.1 Å². The quantitative estimate of drug-likeness (QED) is 0.497. The molecule has 0 unspecified atom stereocenters. The molecule has 1 saturated heterocycles. The fourth-order valence-corrected chi connectivity index (χ4v) is 4.41. The summed E-state index contributed by atoms with van der Waals surface area (Å²) < 4.78 is 5.51. The lowest BCUT2D eigenvalue weighted by Gasteiger charge is -2.32. The molecule has 6 nitrogen and oxygen atoms in total. The summed E-state index contributed by atoms with van der Waals surface area (Å²) in [6.45, 7) is 3.60. The zero-order chi connectivity index (χ0) is 20.9. The number of carbonyl (C=O) groups is 1. The summed E-state index contributed by atoms with van der Waals surface area (Å²) in [6.07, 6.45) is 2.20. The molecule has 0 radical (unpaired) electrons. The predicted molar refractivity (Wildman–Crippen MR) is 119 cm³/mol. The fraction of sp³-hybridized carbons (Fsp3) is 0.375. The second kappa shape index (κ2) is 9.22. The highest BCUT2D eigenvalue weighted by molar-refractivity contribution is 5.87. The Morgan fingerprint density at radius 1 is 1.20 bits per heavy atom. The normalized spacial score (nSPS) is 15.4. The predicted octanol–water partition coefficient (Wildman–Crippen LogP) is 4.68. The van der Waals surface area contributed by atoms with Crippen molar-refractivity contribution in [2.45, 2.75) is 25.2 Å². The zero-order valence-electron chi connectivity index (χ0n) is 17.4. The molecular weight excluding hydrogens is 378 g/mol. The summed E-state index contributed by atoms with van der Waals surface area (Å²) in [7, 11) is 1.70. The van der Waals surface area contributed by atoms with Gasteiger partial charge in [-0.2, -0.15) is 0 Å². The van der Waals surface area contributed by atoms with Crippen LogP contribution in [0.3, 0.4) is 0 Å². The van der Waals surface area contributed by atoms with Crippen molar-refractivity contribution in [3.05, 3.63) is 54.1 Å². The van der Waals surface area contributed by atoms with Gasteiger partial charge in [-0.15, -0.1) is 0 Å². The van der Waals surface area contributed by atoms with Gasteiger partial charge in [0.2, 0.25) is 0 Å². The Labute approximate surface area is 176 Å². The molecule has 6 heteroatoms. The van der Waals surface area contributed by atoms with Gasteiger partial charge in [0.05, 0.1) is 12.8 Å². The number of methoxy groups -OCH3 is 1. The van der Waals surface area contributed by atoms with Crippen molar-refractivity contribution >= 4 is 17.0 Å². The number of ether oxygens (including phenoxy) is 1. The molecule has 0 bridgehead atoms. The van der Waals surface area contributed by atoms with E-state index in [1.165, 1.54) is 10.9 Å². The van der Waals surface area contributed by atoms with Crippen LogP contribution >= 0.6 is 0 Å². The van der Waals surface area contributed by atoms with Crippen LogP contribution in [0.25, 0.3) is 22.2 Å². The fourth-order valence-electron chi connectivity index (χ4n) is 4.41. The lowest BCUT2D eigenvalue weighted by Crippen LogP contribution is -2.35. The van der Waals surface area contributed by atoms with Gasteiger partial charge >= 0.3 is 6.09 Å². The third-order valence-electron chi connectivity index (χ3n) is 6.03. The van der Waals surface area contributed by atoms with Crippen LogP contribution in [0.2, 0.25) is 0 Å². The number of nitrogens with zero attached hydrogens (tertiary/aromatic N) is 1. The number of para-hydroxylation sites is 1. The highest BCUT2D eigenvalue weighted by atomic mass is 16.5. The maximum atomic E-state index is 10.5.